The van der Waals surface area contributed by atoms with Crippen LogP contribution in [0.5, 0.6) is 0 Å². The Morgan fingerprint density at radius 2 is 1.91 bits per heavy atom. The maximum absolute atomic E-state index is 13.0. The molecule has 5 aromatic rings. The number of nitrogens with zero attached hydrogens (tertiary/aromatic N) is 5. The fourth-order valence-corrected chi connectivity index (χ4v) is 3.38. The second kappa shape index (κ2) is 8.50. The van der Waals surface area contributed by atoms with Gasteiger partial charge in [-0.2, -0.15) is 0 Å². The van der Waals surface area contributed by atoms with E-state index in [2.05, 4.69) is 25.6 Å². The summed E-state index contributed by atoms with van der Waals surface area (Å²) in [4.78, 5) is 37.4. The highest BCUT2D eigenvalue weighted by atomic mass is 19.1. The third-order valence-corrected chi connectivity index (χ3v) is 5.00. The smallest absolute Gasteiger partial charge is 0.270 e. The summed E-state index contributed by atoms with van der Waals surface area (Å²) < 4.78 is 16.2. The maximum Gasteiger partial charge on any atom is 0.270 e. The fraction of sp³-hybridized carbons (Fsp3) is 0.0870. The predicted molar refractivity (Wildman–Crippen MR) is 119 cm³/mol. The lowest BCUT2D eigenvalue weighted by atomic mass is 10.3. The van der Waals surface area contributed by atoms with Crippen molar-refractivity contribution in [1.82, 2.24) is 29.1 Å². The summed E-state index contributed by atoms with van der Waals surface area (Å²) in [5.41, 5.74) is 2.49. The van der Waals surface area contributed by atoms with Gasteiger partial charge in [-0.25, -0.2) is 19.3 Å². The average Bonchev–Trinajstić information content (AvgIpc) is 3.24. The summed E-state index contributed by atoms with van der Waals surface area (Å²) >= 11 is 0. The summed E-state index contributed by atoms with van der Waals surface area (Å²) in [7, 11) is 0. The third kappa shape index (κ3) is 4.40. The predicted octanol–water partition coefficient (Wildman–Crippen LogP) is 2.42. The molecule has 0 bridgehead atoms. The van der Waals surface area contributed by atoms with Gasteiger partial charge >= 0.3 is 0 Å². The minimum Gasteiger partial charge on any atom is -0.366 e. The van der Waals surface area contributed by atoms with E-state index >= 15 is 0 Å². The molecule has 5 aromatic heterocycles. The van der Waals surface area contributed by atoms with Crippen molar-refractivity contribution in [3.8, 4) is 0 Å². The van der Waals surface area contributed by atoms with Crippen LogP contribution in [-0.2, 0) is 13.1 Å². The van der Waals surface area contributed by atoms with Crippen LogP contribution in [0.4, 0.5) is 10.2 Å². The van der Waals surface area contributed by atoms with E-state index in [4.69, 9.17) is 0 Å². The van der Waals surface area contributed by atoms with E-state index in [1.165, 1.54) is 16.5 Å². The molecule has 5 rings (SSSR count). The number of rotatable bonds is 6. The molecule has 0 aliphatic heterocycles. The SMILES string of the molecule is O=C(NCc1cn2cc(CNc3ccc(F)cn3)ccc2n1)c1cc(=O)n2ccccc2n1. The van der Waals surface area contributed by atoms with E-state index in [1.54, 1.807) is 30.5 Å². The first-order valence-corrected chi connectivity index (χ1v) is 10.1. The molecule has 9 nitrogen and oxygen atoms in total. The van der Waals surface area contributed by atoms with E-state index in [-0.39, 0.29) is 23.6 Å². The number of nitrogens with one attached hydrogen (secondary N) is 2. The number of fused-ring (bicyclic) bond motifs is 2. The van der Waals surface area contributed by atoms with Gasteiger partial charge in [-0.15, -0.1) is 0 Å². The van der Waals surface area contributed by atoms with Crippen molar-refractivity contribution in [1.29, 1.82) is 0 Å². The first-order valence-electron chi connectivity index (χ1n) is 10.1. The summed E-state index contributed by atoms with van der Waals surface area (Å²) in [5, 5.41) is 5.89. The van der Waals surface area contributed by atoms with Crippen LogP contribution >= 0.6 is 0 Å². The maximum atomic E-state index is 13.0. The first kappa shape index (κ1) is 20.3. The van der Waals surface area contributed by atoms with Gasteiger partial charge < -0.3 is 15.0 Å². The van der Waals surface area contributed by atoms with Gasteiger partial charge in [0.05, 0.1) is 18.4 Å². The van der Waals surface area contributed by atoms with Crippen LogP contribution < -0.4 is 16.2 Å². The Hall–Kier alpha value is -4.60. The molecule has 0 atom stereocenters. The molecule has 0 saturated heterocycles. The molecule has 164 valence electrons. The number of anilines is 1. The Labute approximate surface area is 186 Å². The number of halogens is 1. The monoisotopic (exact) mass is 443 g/mol. The molecule has 5 heterocycles. The number of imidazole rings is 1. The molecule has 10 heteroatoms. The van der Waals surface area contributed by atoms with Gasteiger partial charge in [0.25, 0.3) is 11.5 Å². The lowest BCUT2D eigenvalue weighted by Gasteiger charge is -2.06. The lowest BCUT2D eigenvalue weighted by molar-refractivity contribution is 0.0945. The Bertz CT molecular complexity index is 1530. The van der Waals surface area contributed by atoms with Crippen molar-refractivity contribution >= 4 is 23.0 Å². The van der Waals surface area contributed by atoms with E-state index in [0.717, 1.165) is 17.4 Å². The molecule has 0 unspecified atom stereocenters. The van der Waals surface area contributed by atoms with Crippen LogP contribution in [0, 0.1) is 5.82 Å². The summed E-state index contributed by atoms with van der Waals surface area (Å²) in [6, 6.07) is 13.1. The third-order valence-electron chi connectivity index (χ3n) is 5.00. The zero-order valence-corrected chi connectivity index (χ0v) is 17.3. The Kier molecular flexibility index (Phi) is 5.23. The number of amides is 1. The van der Waals surface area contributed by atoms with Gasteiger partial charge in [-0.05, 0) is 35.9 Å². The van der Waals surface area contributed by atoms with Crippen LogP contribution in [0.25, 0.3) is 11.3 Å². The zero-order chi connectivity index (χ0) is 22.8. The van der Waals surface area contributed by atoms with E-state index in [9.17, 15) is 14.0 Å². The number of pyridine rings is 3. The van der Waals surface area contributed by atoms with Crippen LogP contribution in [0.1, 0.15) is 21.7 Å². The van der Waals surface area contributed by atoms with Crippen molar-refractivity contribution in [3.63, 3.8) is 0 Å². The Balaban J connectivity index is 1.26. The van der Waals surface area contributed by atoms with Gasteiger partial charge in [-0.3, -0.25) is 14.0 Å². The second-order valence-corrected chi connectivity index (χ2v) is 7.34. The number of carbonyl (C=O) groups is 1. The summed E-state index contributed by atoms with van der Waals surface area (Å²) in [5.74, 6) is -0.261. The number of aromatic nitrogens is 5. The van der Waals surface area contributed by atoms with Crippen LogP contribution in [-0.4, -0.2) is 29.7 Å². The van der Waals surface area contributed by atoms with Gasteiger partial charge in [0, 0.05) is 31.2 Å². The van der Waals surface area contributed by atoms with Gasteiger partial charge in [-0.1, -0.05) is 12.1 Å². The largest absolute Gasteiger partial charge is 0.366 e. The molecular weight excluding hydrogens is 425 g/mol. The average molecular weight is 443 g/mol. The molecule has 0 aliphatic rings. The highest BCUT2D eigenvalue weighted by Gasteiger charge is 2.11. The van der Waals surface area contributed by atoms with Crippen molar-refractivity contribution in [2.75, 3.05) is 5.32 Å². The number of hydrogen-bond donors (Lipinski definition) is 2. The zero-order valence-electron chi connectivity index (χ0n) is 17.3. The van der Waals surface area contributed by atoms with Crippen molar-refractivity contribution in [2.45, 2.75) is 13.1 Å². The minimum absolute atomic E-state index is 0.0535. The van der Waals surface area contributed by atoms with Crippen LogP contribution in [0.15, 0.2) is 78.1 Å². The second-order valence-electron chi connectivity index (χ2n) is 7.34. The molecule has 33 heavy (non-hydrogen) atoms. The van der Waals surface area contributed by atoms with E-state index in [1.807, 2.05) is 28.9 Å². The highest BCUT2D eigenvalue weighted by molar-refractivity contribution is 5.92. The molecule has 0 saturated carbocycles. The summed E-state index contributed by atoms with van der Waals surface area (Å²) in [6.45, 7) is 0.686. The topological polar surface area (TPSA) is 106 Å². The van der Waals surface area contributed by atoms with E-state index < -0.39 is 5.91 Å². The normalized spacial score (nSPS) is 11.1. The lowest BCUT2D eigenvalue weighted by Crippen LogP contribution is -2.27. The van der Waals surface area contributed by atoms with Crippen LogP contribution in [0.2, 0.25) is 0 Å². The molecule has 1 amide bonds. The quantitative estimate of drug-likeness (QED) is 0.418. The number of carbonyl (C=O) groups excluding carboxylic acids is 1. The molecule has 0 radical (unpaired) electrons. The summed E-state index contributed by atoms with van der Waals surface area (Å²) in [6.07, 6.45) is 6.49. The Morgan fingerprint density at radius 1 is 1.00 bits per heavy atom. The van der Waals surface area contributed by atoms with Gasteiger partial charge in [0.1, 0.15) is 28.6 Å². The highest BCUT2D eigenvalue weighted by Crippen LogP contribution is 2.11. The molecular formula is C23H18FN7O2. The van der Waals surface area contributed by atoms with Crippen molar-refractivity contribution in [2.24, 2.45) is 0 Å². The van der Waals surface area contributed by atoms with Crippen LogP contribution in [0.3, 0.4) is 0 Å². The van der Waals surface area contributed by atoms with Gasteiger partial charge in [0.15, 0.2) is 0 Å². The number of hydrogen-bond acceptors (Lipinski definition) is 6. The molecule has 0 spiro atoms. The molecule has 2 N–H and O–H groups in total. The molecule has 0 fully saturated rings. The van der Waals surface area contributed by atoms with E-state index in [0.29, 0.717) is 23.7 Å². The standard InChI is InChI=1S/C23H18FN7O2/c24-16-5-6-19(26-11-16)25-10-15-4-7-20-28-17(14-30(20)13-15)12-27-23(33)18-9-22(32)31-8-2-1-3-21(31)29-18/h1-9,11,13-14H,10,12H2,(H,25,26)(H,27,33). The Morgan fingerprint density at radius 3 is 2.76 bits per heavy atom. The molecule has 0 aromatic carbocycles. The minimum atomic E-state index is -0.452. The van der Waals surface area contributed by atoms with Crippen molar-refractivity contribution in [3.05, 3.63) is 106 Å². The first-order chi connectivity index (χ1) is 16.0. The van der Waals surface area contributed by atoms with Crippen molar-refractivity contribution < 1.29 is 9.18 Å². The molecule has 0 aliphatic carbocycles. The van der Waals surface area contributed by atoms with Gasteiger partial charge in [0.2, 0.25) is 0 Å². The fourth-order valence-electron chi connectivity index (χ4n) is 3.38.